The van der Waals surface area contributed by atoms with E-state index in [0.29, 0.717) is 0 Å². The molecule has 3 aromatic carbocycles. The van der Waals surface area contributed by atoms with Gasteiger partial charge in [-0.1, -0.05) is 56.1 Å². The first-order valence-electron chi connectivity index (χ1n) is 11.6. The fourth-order valence-electron chi connectivity index (χ4n) is 4.11. The van der Waals surface area contributed by atoms with E-state index in [1.54, 1.807) is 0 Å². The highest BCUT2D eigenvalue weighted by Gasteiger charge is 2.17. The smallest absolute Gasteiger partial charge is 0.213 e. The Kier molecular flexibility index (Phi) is 10.1. The van der Waals surface area contributed by atoms with E-state index >= 15 is 0 Å². The van der Waals surface area contributed by atoms with E-state index in [1.807, 2.05) is 0 Å². The zero-order valence-corrected chi connectivity index (χ0v) is 25.5. The molecule has 0 aliphatic rings. The van der Waals surface area contributed by atoms with Gasteiger partial charge < -0.3 is 28.9 Å². The number of anilines is 1. The molecule has 0 amide bonds. The van der Waals surface area contributed by atoms with Gasteiger partial charge >= 0.3 is 0 Å². The zero-order valence-electron chi connectivity index (χ0n) is 20.2. The van der Waals surface area contributed by atoms with Crippen LogP contribution in [0, 0.1) is 0 Å². The maximum atomic E-state index is 3.56. The van der Waals surface area contributed by atoms with Crippen molar-refractivity contribution in [1.29, 1.82) is 0 Å². The minimum absolute atomic E-state index is 0. The molecule has 1 heterocycles. The molecule has 2 nitrogen and oxygen atoms in total. The molecule has 0 atom stereocenters. The summed E-state index contributed by atoms with van der Waals surface area (Å²) in [6, 6.07) is 30.3. The maximum absolute atomic E-state index is 3.56. The second-order valence-corrected chi connectivity index (χ2v) is 10.1. The van der Waals surface area contributed by atoms with Crippen molar-refractivity contribution in [3.8, 4) is 22.4 Å². The van der Waals surface area contributed by atoms with Gasteiger partial charge in [0, 0.05) is 51.5 Å². The number of hydrogen-bond donors (Lipinski definition) is 0. The van der Waals surface area contributed by atoms with Gasteiger partial charge in [0.2, 0.25) is 11.4 Å². The maximum Gasteiger partial charge on any atom is 0.213 e. The van der Waals surface area contributed by atoms with Gasteiger partial charge in [-0.3, -0.25) is 0 Å². The van der Waals surface area contributed by atoms with Crippen molar-refractivity contribution in [2.45, 2.75) is 13.8 Å². The van der Waals surface area contributed by atoms with Gasteiger partial charge in [-0.05, 0) is 85.1 Å². The van der Waals surface area contributed by atoms with Crippen molar-refractivity contribution < 1.29 is 28.5 Å². The molecule has 0 bridgehead atoms. The standard InChI is InChI=1S/C30H29Br2N2.HI/c1-4-34(5-2)28-17-6-22(7-18-28)8-19-29-20-25(23-9-13-26(31)14-10-23)21-30(33(29)3)24-11-15-27(32)16-12-24;/h6-21H,4-5H2,1-3H3;1H/q+1;/p-1. The molecule has 0 aliphatic carbocycles. The van der Waals surface area contributed by atoms with E-state index in [2.05, 4.69) is 159 Å². The van der Waals surface area contributed by atoms with Gasteiger partial charge in [-0.15, -0.1) is 0 Å². The average molecular weight is 704 g/mol. The number of halogens is 3. The normalized spacial score (nSPS) is 10.9. The second kappa shape index (κ2) is 12.8. The molecule has 4 aromatic rings. The summed E-state index contributed by atoms with van der Waals surface area (Å²) in [4.78, 5) is 2.36. The molecule has 0 saturated carbocycles. The van der Waals surface area contributed by atoms with Crippen molar-refractivity contribution in [2.24, 2.45) is 7.05 Å². The van der Waals surface area contributed by atoms with Crippen LogP contribution in [0.4, 0.5) is 5.69 Å². The molecule has 0 N–H and O–H groups in total. The van der Waals surface area contributed by atoms with E-state index in [-0.39, 0.29) is 24.0 Å². The van der Waals surface area contributed by atoms with Gasteiger partial charge in [-0.25, -0.2) is 0 Å². The van der Waals surface area contributed by atoms with Crippen molar-refractivity contribution in [3.05, 3.63) is 105 Å². The van der Waals surface area contributed by atoms with Gasteiger partial charge in [0.1, 0.15) is 7.05 Å². The lowest BCUT2D eigenvalue weighted by Crippen LogP contribution is -3.00. The Labute approximate surface area is 243 Å². The largest absolute Gasteiger partial charge is 1.00 e. The predicted octanol–water partition coefficient (Wildman–Crippen LogP) is 5.39. The van der Waals surface area contributed by atoms with Crippen LogP contribution in [-0.4, -0.2) is 13.1 Å². The molecule has 5 heteroatoms. The van der Waals surface area contributed by atoms with Crippen LogP contribution in [0.2, 0.25) is 0 Å². The third-order valence-electron chi connectivity index (χ3n) is 6.13. The highest BCUT2D eigenvalue weighted by atomic mass is 127. The molecule has 35 heavy (non-hydrogen) atoms. The van der Waals surface area contributed by atoms with Crippen molar-refractivity contribution in [1.82, 2.24) is 0 Å². The van der Waals surface area contributed by atoms with Crippen molar-refractivity contribution in [3.63, 3.8) is 0 Å². The monoisotopic (exact) mass is 702 g/mol. The molecule has 0 spiro atoms. The Morgan fingerprint density at radius 2 is 1.23 bits per heavy atom. The molecule has 1 aromatic heterocycles. The Balaban J connectivity index is 0.00000342. The molecular weight excluding hydrogens is 675 g/mol. The van der Waals surface area contributed by atoms with Crippen LogP contribution in [0.5, 0.6) is 0 Å². The van der Waals surface area contributed by atoms with Crippen LogP contribution < -0.4 is 33.4 Å². The molecule has 0 radical (unpaired) electrons. The summed E-state index contributed by atoms with van der Waals surface area (Å²) in [5.41, 5.74) is 8.34. The van der Waals surface area contributed by atoms with Crippen LogP contribution in [0.25, 0.3) is 34.5 Å². The lowest BCUT2D eigenvalue weighted by atomic mass is 10.0. The average Bonchev–Trinajstić information content (AvgIpc) is 2.86. The summed E-state index contributed by atoms with van der Waals surface area (Å²) in [6.07, 6.45) is 4.40. The SMILES string of the molecule is CCN(CC)c1ccc(/C=C/c2cc(-c3ccc(Br)cc3)cc(-c3ccc(Br)cc3)[n+]2C)cc1.[I-]. The second-order valence-electron chi connectivity index (χ2n) is 8.22. The molecule has 4 rings (SSSR count). The molecule has 0 aliphatic heterocycles. The highest BCUT2D eigenvalue weighted by molar-refractivity contribution is 9.10. The molecular formula is C30H29Br2IN2. The van der Waals surface area contributed by atoms with Crippen LogP contribution >= 0.6 is 31.9 Å². The number of nitrogens with zero attached hydrogens (tertiary/aromatic N) is 2. The summed E-state index contributed by atoms with van der Waals surface area (Å²) < 4.78 is 4.42. The summed E-state index contributed by atoms with van der Waals surface area (Å²) in [6.45, 7) is 6.42. The quantitative estimate of drug-likeness (QED) is 0.185. The van der Waals surface area contributed by atoms with Crippen molar-refractivity contribution in [2.75, 3.05) is 18.0 Å². The number of rotatable bonds is 7. The van der Waals surface area contributed by atoms with Gasteiger partial charge in [0.05, 0.1) is 0 Å². The lowest BCUT2D eigenvalue weighted by Gasteiger charge is -2.20. The Morgan fingerprint density at radius 1 is 0.686 bits per heavy atom. The lowest BCUT2D eigenvalue weighted by molar-refractivity contribution is -0.662. The van der Waals surface area contributed by atoms with Gasteiger partial charge in [-0.2, -0.15) is 4.57 Å². The van der Waals surface area contributed by atoms with Gasteiger partial charge in [0.25, 0.3) is 0 Å². The van der Waals surface area contributed by atoms with E-state index in [1.165, 1.54) is 33.6 Å². The van der Waals surface area contributed by atoms with E-state index in [0.717, 1.165) is 27.7 Å². The van der Waals surface area contributed by atoms with Gasteiger partial charge in [0.15, 0.2) is 0 Å². The number of benzene rings is 3. The number of hydrogen-bond acceptors (Lipinski definition) is 1. The summed E-state index contributed by atoms with van der Waals surface area (Å²) in [5, 5.41) is 0. The number of aromatic nitrogens is 1. The summed E-state index contributed by atoms with van der Waals surface area (Å²) >= 11 is 7.11. The minimum Gasteiger partial charge on any atom is -1.00 e. The van der Waals surface area contributed by atoms with E-state index in [9.17, 15) is 0 Å². The zero-order chi connectivity index (χ0) is 24.1. The fraction of sp³-hybridized carbons (Fsp3) is 0.167. The topological polar surface area (TPSA) is 7.12 Å². The first kappa shape index (κ1) is 27.6. The van der Waals surface area contributed by atoms with Crippen LogP contribution in [0.1, 0.15) is 25.1 Å². The molecule has 0 fully saturated rings. The van der Waals surface area contributed by atoms with Crippen molar-refractivity contribution >= 4 is 49.7 Å². The third kappa shape index (κ3) is 6.83. The minimum atomic E-state index is 0. The van der Waals surface area contributed by atoms with E-state index in [4.69, 9.17) is 0 Å². The van der Waals surface area contributed by atoms with Crippen LogP contribution in [-0.2, 0) is 7.05 Å². The van der Waals surface area contributed by atoms with Crippen LogP contribution in [0.15, 0.2) is 93.9 Å². The Morgan fingerprint density at radius 3 is 1.77 bits per heavy atom. The Hall–Kier alpha value is -1.96. The first-order chi connectivity index (χ1) is 16.5. The number of pyridine rings is 1. The first-order valence-corrected chi connectivity index (χ1v) is 13.2. The highest BCUT2D eigenvalue weighted by Crippen LogP contribution is 2.28. The molecule has 180 valence electrons. The Bertz CT molecular complexity index is 1280. The van der Waals surface area contributed by atoms with Crippen LogP contribution in [0.3, 0.4) is 0 Å². The van der Waals surface area contributed by atoms with E-state index < -0.39 is 0 Å². The molecule has 0 unspecified atom stereocenters. The fourth-order valence-corrected chi connectivity index (χ4v) is 4.64. The summed E-state index contributed by atoms with van der Waals surface area (Å²) in [7, 11) is 2.13. The third-order valence-corrected chi connectivity index (χ3v) is 7.19. The molecule has 0 saturated heterocycles. The summed E-state index contributed by atoms with van der Waals surface area (Å²) in [5.74, 6) is 0. The predicted molar refractivity (Wildman–Crippen MR) is 153 cm³/mol.